The molecule has 1 fully saturated rings. The zero-order chi connectivity index (χ0) is 19.4. The summed E-state index contributed by atoms with van der Waals surface area (Å²) < 4.78 is 27.5. The standard InChI is InChI=1S/C20H31N3O3S.ClH/c1-15(21)8-11-22-20(24)17-9-12-23(13-10-17)27(25,26)19-7-6-16-4-2-3-5-18(16)14-19;/h6-7,14-15,17H,2-5,8-13,21H2,1H3,(H,22,24);1H. The predicted molar refractivity (Wildman–Crippen MR) is 113 cm³/mol. The topological polar surface area (TPSA) is 92.5 Å². The maximum absolute atomic E-state index is 13.0. The molecule has 1 amide bonds. The van der Waals surface area contributed by atoms with E-state index < -0.39 is 10.0 Å². The number of carbonyl (C=O) groups excluding carboxylic acids is 1. The first-order valence-corrected chi connectivity index (χ1v) is 11.5. The minimum Gasteiger partial charge on any atom is -0.356 e. The third kappa shape index (κ3) is 5.47. The minimum atomic E-state index is -3.49. The fraction of sp³-hybridized carbons (Fsp3) is 0.650. The van der Waals surface area contributed by atoms with E-state index in [-0.39, 0.29) is 30.3 Å². The van der Waals surface area contributed by atoms with Gasteiger partial charge >= 0.3 is 0 Å². The van der Waals surface area contributed by atoms with Crippen LogP contribution in [0, 0.1) is 5.92 Å². The van der Waals surface area contributed by atoms with Gasteiger partial charge in [-0.15, -0.1) is 12.4 Å². The van der Waals surface area contributed by atoms with Crippen molar-refractivity contribution < 1.29 is 13.2 Å². The third-order valence-corrected chi connectivity index (χ3v) is 7.58. The number of hydrogen-bond acceptors (Lipinski definition) is 4. The van der Waals surface area contributed by atoms with Gasteiger partial charge in [0.25, 0.3) is 0 Å². The quantitative estimate of drug-likeness (QED) is 0.725. The molecule has 1 heterocycles. The summed E-state index contributed by atoms with van der Waals surface area (Å²) >= 11 is 0. The summed E-state index contributed by atoms with van der Waals surface area (Å²) in [4.78, 5) is 12.6. The number of nitrogens with two attached hydrogens (primary N) is 1. The molecule has 0 spiro atoms. The highest BCUT2D eigenvalue weighted by atomic mass is 35.5. The van der Waals surface area contributed by atoms with E-state index in [0.717, 1.165) is 25.7 Å². The molecule has 6 nitrogen and oxygen atoms in total. The second kappa shape index (κ2) is 10.1. The van der Waals surface area contributed by atoms with Crippen molar-refractivity contribution in [2.45, 2.75) is 62.8 Å². The molecule has 0 bridgehead atoms. The number of halogens is 1. The van der Waals surface area contributed by atoms with Crippen LogP contribution in [0.3, 0.4) is 0 Å². The number of nitrogens with zero attached hydrogens (tertiary/aromatic N) is 1. The van der Waals surface area contributed by atoms with E-state index >= 15 is 0 Å². The van der Waals surface area contributed by atoms with Crippen molar-refractivity contribution in [3.8, 4) is 0 Å². The summed E-state index contributed by atoms with van der Waals surface area (Å²) in [7, 11) is -3.49. The Bertz CT molecular complexity index is 775. The van der Waals surface area contributed by atoms with Crippen LogP contribution in [0.25, 0.3) is 0 Å². The number of benzene rings is 1. The summed E-state index contributed by atoms with van der Waals surface area (Å²) in [5.74, 6) is -0.102. The first kappa shape index (κ1) is 23.1. The molecule has 1 saturated heterocycles. The molecule has 1 aliphatic carbocycles. The van der Waals surface area contributed by atoms with Crippen molar-refractivity contribution in [2.24, 2.45) is 11.7 Å². The number of piperidine rings is 1. The lowest BCUT2D eigenvalue weighted by Gasteiger charge is -2.31. The highest BCUT2D eigenvalue weighted by Crippen LogP contribution is 2.28. The van der Waals surface area contributed by atoms with Gasteiger partial charge in [-0.2, -0.15) is 4.31 Å². The molecule has 3 rings (SSSR count). The Hall–Kier alpha value is -1.15. The van der Waals surface area contributed by atoms with E-state index in [1.54, 1.807) is 6.07 Å². The number of amides is 1. The van der Waals surface area contributed by atoms with E-state index in [2.05, 4.69) is 5.32 Å². The molecule has 28 heavy (non-hydrogen) atoms. The summed E-state index contributed by atoms with van der Waals surface area (Å²) in [5.41, 5.74) is 8.15. The summed E-state index contributed by atoms with van der Waals surface area (Å²) in [5, 5.41) is 2.92. The Kier molecular flexibility index (Phi) is 8.30. The summed E-state index contributed by atoms with van der Waals surface area (Å²) in [6.07, 6.45) is 6.18. The van der Waals surface area contributed by atoms with Crippen LogP contribution in [0.1, 0.15) is 50.2 Å². The monoisotopic (exact) mass is 429 g/mol. The van der Waals surface area contributed by atoms with Crippen LogP contribution in [0.15, 0.2) is 23.1 Å². The van der Waals surface area contributed by atoms with Crippen LogP contribution in [0.2, 0.25) is 0 Å². The number of nitrogens with one attached hydrogen (secondary N) is 1. The second-order valence-electron chi connectivity index (χ2n) is 7.87. The highest BCUT2D eigenvalue weighted by molar-refractivity contribution is 7.89. The van der Waals surface area contributed by atoms with Crippen LogP contribution in [0.5, 0.6) is 0 Å². The first-order chi connectivity index (χ1) is 12.9. The Balaban J connectivity index is 0.00000280. The van der Waals surface area contributed by atoms with Gasteiger partial charge in [-0.3, -0.25) is 4.79 Å². The Labute approximate surface area is 174 Å². The minimum absolute atomic E-state index is 0. The number of hydrogen-bond donors (Lipinski definition) is 2. The van der Waals surface area contributed by atoms with Gasteiger partial charge in [0, 0.05) is 31.6 Å². The van der Waals surface area contributed by atoms with Crippen LogP contribution in [-0.2, 0) is 27.7 Å². The lowest BCUT2D eigenvalue weighted by atomic mass is 9.92. The maximum Gasteiger partial charge on any atom is 0.243 e. The van der Waals surface area contributed by atoms with Gasteiger partial charge < -0.3 is 11.1 Å². The van der Waals surface area contributed by atoms with E-state index in [0.29, 0.717) is 37.4 Å². The van der Waals surface area contributed by atoms with Crippen molar-refractivity contribution in [3.05, 3.63) is 29.3 Å². The third-order valence-electron chi connectivity index (χ3n) is 5.68. The molecule has 1 unspecified atom stereocenters. The molecule has 3 N–H and O–H groups in total. The molecule has 1 aromatic carbocycles. The average molecular weight is 430 g/mol. The van der Waals surface area contributed by atoms with Crippen LogP contribution < -0.4 is 11.1 Å². The maximum atomic E-state index is 13.0. The number of sulfonamides is 1. The summed E-state index contributed by atoms with van der Waals surface area (Å²) in [6, 6.07) is 5.64. The van der Waals surface area contributed by atoms with E-state index in [1.807, 2.05) is 19.1 Å². The summed E-state index contributed by atoms with van der Waals surface area (Å²) in [6.45, 7) is 3.27. The van der Waals surface area contributed by atoms with Gasteiger partial charge in [0.15, 0.2) is 0 Å². The predicted octanol–water partition coefficient (Wildman–Crippen LogP) is 2.24. The van der Waals surface area contributed by atoms with Crippen LogP contribution in [-0.4, -0.2) is 44.3 Å². The van der Waals surface area contributed by atoms with Gasteiger partial charge in [-0.05, 0) is 75.1 Å². The van der Waals surface area contributed by atoms with Crippen LogP contribution in [0.4, 0.5) is 0 Å². The van der Waals surface area contributed by atoms with Crippen molar-refractivity contribution in [1.82, 2.24) is 9.62 Å². The SMILES string of the molecule is CC(N)CCNC(=O)C1CCN(S(=O)(=O)c2ccc3c(c2)CCCC3)CC1.Cl. The lowest BCUT2D eigenvalue weighted by Crippen LogP contribution is -2.43. The van der Waals surface area contributed by atoms with E-state index in [9.17, 15) is 13.2 Å². The molecule has 0 aromatic heterocycles. The van der Waals surface area contributed by atoms with E-state index in [4.69, 9.17) is 5.73 Å². The zero-order valence-corrected chi connectivity index (χ0v) is 18.2. The fourth-order valence-corrected chi connectivity index (χ4v) is 5.47. The Morgan fingerprint density at radius 2 is 1.86 bits per heavy atom. The number of fused-ring (bicyclic) bond motifs is 1. The number of aryl methyl sites for hydroxylation is 2. The fourth-order valence-electron chi connectivity index (χ4n) is 3.95. The molecule has 1 aliphatic heterocycles. The van der Waals surface area contributed by atoms with E-state index in [1.165, 1.54) is 21.9 Å². The zero-order valence-electron chi connectivity index (χ0n) is 16.5. The van der Waals surface area contributed by atoms with Crippen LogP contribution >= 0.6 is 12.4 Å². The van der Waals surface area contributed by atoms with Crippen molar-refractivity contribution in [3.63, 3.8) is 0 Å². The van der Waals surface area contributed by atoms with Gasteiger partial charge in [0.05, 0.1) is 4.90 Å². The van der Waals surface area contributed by atoms with Crippen molar-refractivity contribution >= 4 is 28.3 Å². The molecule has 1 aromatic rings. The molecule has 8 heteroatoms. The van der Waals surface area contributed by atoms with Gasteiger partial charge in [-0.25, -0.2) is 8.42 Å². The Morgan fingerprint density at radius 1 is 1.21 bits per heavy atom. The first-order valence-electron chi connectivity index (χ1n) is 10.0. The number of carbonyl (C=O) groups is 1. The highest BCUT2D eigenvalue weighted by Gasteiger charge is 2.32. The molecule has 0 saturated carbocycles. The van der Waals surface area contributed by atoms with Gasteiger partial charge in [-0.1, -0.05) is 6.07 Å². The molecule has 158 valence electrons. The lowest BCUT2D eigenvalue weighted by molar-refractivity contribution is -0.126. The molecule has 0 radical (unpaired) electrons. The smallest absolute Gasteiger partial charge is 0.243 e. The van der Waals surface area contributed by atoms with Gasteiger partial charge in [0.2, 0.25) is 15.9 Å². The molecular weight excluding hydrogens is 398 g/mol. The number of rotatable bonds is 6. The normalized spacial score (nSPS) is 19.4. The molecular formula is C20H32ClN3O3S. The Morgan fingerprint density at radius 3 is 2.50 bits per heavy atom. The second-order valence-corrected chi connectivity index (χ2v) is 9.81. The van der Waals surface area contributed by atoms with Gasteiger partial charge in [0.1, 0.15) is 0 Å². The van der Waals surface area contributed by atoms with Crippen molar-refractivity contribution in [1.29, 1.82) is 0 Å². The molecule has 2 aliphatic rings. The average Bonchev–Trinajstić information content (AvgIpc) is 2.67. The largest absolute Gasteiger partial charge is 0.356 e. The van der Waals surface area contributed by atoms with Crippen molar-refractivity contribution in [2.75, 3.05) is 19.6 Å². The molecule has 1 atom stereocenters.